The smallest absolute Gasteiger partial charge is 0.236 e. The fourth-order valence-corrected chi connectivity index (χ4v) is 0.978. The molecule has 0 saturated carbocycles. The van der Waals surface area contributed by atoms with Gasteiger partial charge in [0.05, 0.1) is 25.3 Å². The lowest BCUT2D eigenvalue weighted by Gasteiger charge is -2.29. The van der Waals surface area contributed by atoms with Crippen LogP contribution in [0.3, 0.4) is 0 Å². The van der Waals surface area contributed by atoms with Crippen molar-refractivity contribution in [2.45, 2.75) is 19.0 Å². The summed E-state index contributed by atoms with van der Waals surface area (Å²) in [6, 6.07) is 0.246. The summed E-state index contributed by atoms with van der Waals surface area (Å²) >= 11 is 0. The highest BCUT2D eigenvalue weighted by Gasteiger charge is 2.22. The lowest BCUT2D eigenvalue weighted by molar-refractivity contribution is -0.123. The van der Waals surface area contributed by atoms with Crippen molar-refractivity contribution in [3.63, 3.8) is 0 Å². The van der Waals surface area contributed by atoms with Crippen LogP contribution in [0.25, 0.3) is 0 Å². The van der Waals surface area contributed by atoms with Crippen molar-refractivity contribution in [3.8, 4) is 0 Å². The average molecular weight is 158 g/mol. The van der Waals surface area contributed by atoms with Gasteiger partial charge in [-0.25, -0.2) is 0 Å². The summed E-state index contributed by atoms with van der Waals surface area (Å²) in [5, 5.41) is 5.71. The summed E-state index contributed by atoms with van der Waals surface area (Å²) in [6.07, 6.45) is 0. The Labute approximate surface area is 66.3 Å². The second-order valence-electron chi connectivity index (χ2n) is 2.74. The van der Waals surface area contributed by atoms with Gasteiger partial charge < -0.3 is 10.1 Å². The number of carbonyl (C=O) groups excluding carboxylic acids is 1. The van der Waals surface area contributed by atoms with Gasteiger partial charge in [-0.05, 0) is 6.92 Å². The molecule has 1 aliphatic rings. The van der Waals surface area contributed by atoms with E-state index in [-0.39, 0.29) is 11.9 Å². The molecule has 1 unspecified atom stereocenters. The molecule has 1 heterocycles. The second-order valence-corrected chi connectivity index (χ2v) is 2.74. The largest absolute Gasteiger partial charge is 0.378 e. The Hall–Kier alpha value is -0.610. The maximum Gasteiger partial charge on any atom is 0.236 e. The molecule has 4 nitrogen and oxygen atoms in total. The molecule has 2 N–H and O–H groups in total. The highest BCUT2D eigenvalue weighted by molar-refractivity contribution is 5.80. The summed E-state index contributed by atoms with van der Waals surface area (Å²) in [5.41, 5.74) is 0. The van der Waals surface area contributed by atoms with Crippen molar-refractivity contribution in [1.29, 1.82) is 0 Å². The first-order valence-corrected chi connectivity index (χ1v) is 3.79. The molecule has 0 spiro atoms. The number of ether oxygens (including phenoxy) is 1. The van der Waals surface area contributed by atoms with Crippen molar-refractivity contribution in [2.75, 3.05) is 20.3 Å². The highest BCUT2D eigenvalue weighted by Crippen LogP contribution is 2.00. The molecule has 0 radical (unpaired) electrons. The topological polar surface area (TPSA) is 50.4 Å². The van der Waals surface area contributed by atoms with E-state index >= 15 is 0 Å². The number of carbonyl (C=O) groups is 1. The Morgan fingerprint density at radius 3 is 2.64 bits per heavy atom. The molecule has 0 aromatic carbocycles. The molecule has 0 aromatic heterocycles. The number of rotatable bonds is 3. The van der Waals surface area contributed by atoms with Gasteiger partial charge in [0.15, 0.2) is 0 Å². The van der Waals surface area contributed by atoms with E-state index < -0.39 is 0 Å². The summed E-state index contributed by atoms with van der Waals surface area (Å²) in [5.74, 6) is 0.0249. The molecule has 1 atom stereocenters. The Morgan fingerprint density at radius 1 is 1.64 bits per heavy atom. The van der Waals surface area contributed by atoms with Crippen LogP contribution in [0.1, 0.15) is 6.92 Å². The fourth-order valence-electron chi connectivity index (χ4n) is 0.978. The molecule has 11 heavy (non-hydrogen) atoms. The number of likely N-dealkylation sites (N-methyl/N-ethyl adjacent to an activating group) is 1. The molecule has 0 aliphatic carbocycles. The zero-order valence-electron chi connectivity index (χ0n) is 6.89. The van der Waals surface area contributed by atoms with Gasteiger partial charge in [0.1, 0.15) is 0 Å². The normalized spacial score (nSPS) is 20.5. The Kier molecular flexibility index (Phi) is 2.84. The molecule has 64 valence electrons. The maximum atomic E-state index is 11.0. The van der Waals surface area contributed by atoms with Gasteiger partial charge in [0, 0.05) is 7.05 Å². The van der Waals surface area contributed by atoms with E-state index in [4.69, 9.17) is 4.74 Å². The molecule has 0 bridgehead atoms. The van der Waals surface area contributed by atoms with Gasteiger partial charge >= 0.3 is 0 Å². The zero-order valence-corrected chi connectivity index (χ0v) is 6.89. The predicted molar refractivity (Wildman–Crippen MR) is 41.3 cm³/mol. The third-order valence-corrected chi connectivity index (χ3v) is 1.76. The standard InChI is InChI=1S/C7H14N2O2/c1-5(7(10)8-2)9-6-3-11-4-6/h5-6,9H,3-4H2,1-2H3,(H,8,10). The van der Waals surface area contributed by atoms with Crippen LogP contribution in [0.2, 0.25) is 0 Å². The van der Waals surface area contributed by atoms with Gasteiger partial charge in [0.2, 0.25) is 5.91 Å². The Morgan fingerprint density at radius 2 is 2.27 bits per heavy atom. The van der Waals surface area contributed by atoms with E-state index in [2.05, 4.69) is 10.6 Å². The minimum Gasteiger partial charge on any atom is -0.378 e. The van der Waals surface area contributed by atoms with Crippen LogP contribution < -0.4 is 10.6 Å². The third kappa shape index (κ3) is 2.17. The van der Waals surface area contributed by atoms with Gasteiger partial charge in [-0.3, -0.25) is 10.1 Å². The van der Waals surface area contributed by atoms with Crippen molar-refractivity contribution in [3.05, 3.63) is 0 Å². The predicted octanol–water partition coefficient (Wildman–Crippen LogP) is -0.891. The highest BCUT2D eigenvalue weighted by atomic mass is 16.5. The van der Waals surface area contributed by atoms with Crippen molar-refractivity contribution in [2.24, 2.45) is 0 Å². The quantitative estimate of drug-likeness (QED) is 0.560. The lowest BCUT2D eigenvalue weighted by atomic mass is 10.2. The molecule has 1 saturated heterocycles. The minimum atomic E-state index is -0.117. The van der Waals surface area contributed by atoms with E-state index in [1.807, 2.05) is 6.92 Å². The first-order valence-electron chi connectivity index (χ1n) is 3.79. The van der Waals surface area contributed by atoms with E-state index in [0.29, 0.717) is 6.04 Å². The van der Waals surface area contributed by atoms with Crippen molar-refractivity contribution >= 4 is 5.91 Å². The number of amides is 1. The summed E-state index contributed by atoms with van der Waals surface area (Å²) in [7, 11) is 1.64. The van der Waals surface area contributed by atoms with E-state index in [9.17, 15) is 4.79 Å². The third-order valence-electron chi connectivity index (χ3n) is 1.76. The molecule has 4 heteroatoms. The van der Waals surface area contributed by atoms with E-state index in [0.717, 1.165) is 13.2 Å². The van der Waals surface area contributed by atoms with E-state index in [1.54, 1.807) is 7.05 Å². The number of nitrogens with one attached hydrogen (secondary N) is 2. The summed E-state index contributed by atoms with van der Waals surface area (Å²) in [4.78, 5) is 11.0. The van der Waals surface area contributed by atoms with Gasteiger partial charge in [-0.1, -0.05) is 0 Å². The average Bonchev–Trinajstić information content (AvgIpc) is 1.94. The Bertz CT molecular complexity index is 145. The molecule has 1 fully saturated rings. The van der Waals surface area contributed by atoms with Crippen molar-refractivity contribution in [1.82, 2.24) is 10.6 Å². The summed E-state index contributed by atoms with van der Waals surface area (Å²) < 4.78 is 4.95. The van der Waals surface area contributed by atoms with Crippen LogP contribution in [0.5, 0.6) is 0 Å². The van der Waals surface area contributed by atoms with Crippen molar-refractivity contribution < 1.29 is 9.53 Å². The fraction of sp³-hybridized carbons (Fsp3) is 0.857. The minimum absolute atomic E-state index is 0.0249. The van der Waals surface area contributed by atoms with Crippen LogP contribution >= 0.6 is 0 Å². The molecular weight excluding hydrogens is 144 g/mol. The monoisotopic (exact) mass is 158 g/mol. The molecule has 0 aromatic rings. The molecule has 1 aliphatic heterocycles. The van der Waals surface area contributed by atoms with Crippen LogP contribution in [-0.2, 0) is 9.53 Å². The Balaban J connectivity index is 2.18. The first kappa shape index (κ1) is 8.49. The first-order chi connectivity index (χ1) is 5.24. The molecule has 1 amide bonds. The molecule has 1 rings (SSSR count). The van der Waals surface area contributed by atoms with Gasteiger partial charge in [-0.2, -0.15) is 0 Å². The summed E-state index contributed by atoms with van der Waals surface area (Å²) in [6.45, 7) is 3.29. The van der Waals surface area contributed by atoms with Crippen LogP contribution in [-0.4, -0.2) is 38.3 Å². The van der Waals surface area contributed by atoms with Gasteiger partial charge in [-0.15, -0.1) is 0 Å². The maximum absolute atomic E-state index is 11.0. The lowest BCUT2D eigenvalue weighted by Crippen LogP contribution is -2.53. The van der Waals surface area contributed by atoms with Crippen LogP contribution in [0, 0.1) is 0 Å². The number of hydrogen-bond donors (Lipinski definition) is 2. The SMILES string of the molecule is CNC(=O)C(C)NC1COC1. The van der Waals surface area contributed by atoms with Crippen LogP contribution in [0.15, 0.2) is 0 Å². The number of hydrogen-bond acceptors (Lipinski definition) is 3. The zero-order chi connectivity index (χ0) is 8.27. The molecular formula is C7H14N2O2. The van der Waals surface area contributed by atoms with E-state index in [1.165, 1.54) is 0 Å². The van der Waals surface area contributed by atoms with Gasteiger partial charge in [0.25, 0.3) is 0 Å². The second kappa shape index (κ2) is 3.69. The van der Waals surface area contributed by atoms with Crippen LogP contribution in [0.4, 0.5) is 0 Å².